The number of benzene rings is 4. The number of nitrogens with one attached hydrogen (secondary N) is 1. The fraction of sp³-hybridized carbons (Fsp3) is 0.286. The summed E-state index contributed by atoms with van der Waals surface area (Å²) in [4.78, 5) is 32.0. The number of rotatable bonds is 16. The summed E-state index contributed by atoms with van der Waals surface area (Å²) in [6.45, 7) is 0.330. The second-order valence-corrected chi connectivity index (χ2v) is 13.2. The highest BCUT2D eigenvalue weighted by atomic mass is 16.7. The fourth-order valence-electron chi connectivity index (χ4n) is 6.84. The van der Waals surface area contributed by atoms with Gasteiger partial charge >= 0.3 is 0 Å². The molecule has 0 bridgehead atoms. The zero-order valence-electron chi connectivity index (χ0n) is 31.5. The molecule has 7 rings (SSSR count). The number of aromatic nitrogens is 4. The molecule has 0 aliphatic carbocycles. The van der Waals surface area contributed by atoms with Gasteiger partial charge in [-0.15, -0.1) is 0 Å². The highest BCUT2D eigenvalue weighted by molar-refractivity contribution is 6.06. The molecule has 1 aliphatic heterocycles. The number of carbonyl (C=O) groups excluding carboxylic acids is 1. The van der Waals surface area contributed by atoms with Crippen molar-refractivity contribution in [3.05, 3.63) is 144 Å². The topological polar surface area (TPSA) is 152 Å². The van der Waals surface area contributed by atoms with Crippen molar-refractivity contribution in [2.75, 3.05) is 53.5 Å². The van der Waals surface area contributed by atoms with Gasteiger partial charge in [-0.05, 0) is 53.1 Å². The Balaban J connectivity index is 1.23. The van der Waals surface area contributed by atoms with Crippen molar-refractivity contribution in [1.82, 2.24) is 24.6 Å². The lowest BCUT2D eigenvalue weighted by atomic mass is 9.80. The van der Waals surface area contributed by atoms with Crippen molar-refractivity contribution in [3.8, 4) is 11.5 Å². The molecule has 0 radical (unpaired) electrons. The minimum atomic E-state index is -1.16. The molecule has 0 spiro atoms. The summed E-state index contributed by atoms with van der Waals surface area (Å²) in [5, 5.41) is 16.4. The smallest absolute Gasteiger partial charge is 0.256 e. The summed E-state index contributed by atoms with van der Waals surface area (Å²) >= 11 is 0. The number of hydrogen-bond donors (Lipinski definition) is 2. The van der Waals surface area contributed by atoms with E-state index >= 15 is 0 Å². The van der Waals surface area contributed by atoms with Crippen LogP contribution in [-0.2, 0) is 24.6 Å². The molecular formula is C42H44N6O8. The molecule has 2 N–H and O–H groups in total. The van der Waals surface area contributed by atoms with Crippen LogP contribution < -0.4 is 14.8 Å². The second-order valence-electron chi connectivity index (χ2n) is 13.2. The van der Waals surface area contributed by atoms with Crippen molar-refractivity contribution >= 4 is 22.9 Å². The molecule has 1 amide bonds. The highest BCUT2D eigenvalue weighted by Gasteiger charge is 2.48. The Kier molecular flexibility index (Phi) is 12.0. The van der Waals surface area contributed by atoms with Crippen molar-refractivity contribution < 1.29 is 38.4 Å². The molecule has 2 aromatic heterocycles. The molecular weight excluding hydrogens is 716 g/mol. The number of methoxy groups -OCH3 is 2. The number of hydroxylamine groups is 2. The van der Waals surface area contributed by atoms with Gasteiger partial charge in [0.15, 0.2) is 23.2 Å². The number of amides is 1. The lowest BCUT2D eigenvalue weighted by molar-refractivity contribution is -0.150. The van der Waals surface area contributed by atoms with Crippen LogP contribution in [0.5, 0.6) is 11.5 Å². The van der Waals surface area contributed by atoms with Gasteiger partial charge in [-0.2, -0.15) is 5.06 Å². The van der Waals surface area contributed by atoms with Crippen molar-refractivity contribution in [1.29, 1.82) is 0 Å². The van der Waals surface area contributed by atoms with E-state index in [1.165, 1.54) is 12.7 Å². The van der Waals surface area contributed by atoms with E-state index in [1.54, 1.807) is 62.2 Å². The normalized spacial score (nSPS) is 18.3. The van der Waals surface area contributed by atoms with E-state index in [-0.39, 0.29) is 31.5 Å². The Morgan fingerprint density at radius 3 is 2.04 bits per heavy atom. The first kappa shape index (κ1) is 38.5. The minimum absolute atomic E-state index is 0.0569. The number of nitrogens with zero attached hydrogens (tertiary/aromatic N) is 5. The molecule has 14 nitrogen and oxygen atoms in total. The number of fused-ring (bicyclic) bond motifs is 1. The van der Waals surface area contributed by atoms with Gasteiger partial charge in [0.2, 0.25) is 0 Å². The minimum Gasteiger partial charge on any atom is -0.497 e. The van der Waals surface area contributed by atoms with E-state index < -0.39 is 30.1 Å². The van der Waals surface area contributed by atoms with Crippen molar-refractivity contribution in [2.24, 2.45) is 0 Å². The maximum Gasteiger partial charge on any atom is 0.256 e. The van der Waals surface area contributed by atoms with Crippen LogP contribution in [0, 0.1) is 0 Å². The summed E-state index contributed by atoms with van der Waals surface area (Å²) < 4.78 is 32.7. The molecule has 56 heavy (non-hydrogen) atoms. The first-order chi connectivity index (χ1) is 27.3. The van der Waals surface area contributed by atoms with Gasteiger partial charge in [-0.3, -0.25) is 14.2 Å². The van der Waals surface area contributed by atoms with Gasteiger partial charge in [-0.1, -0.05) is 72.8 Å². The van der Waals surface area contributed by atoms with E-state index in [0.717, 1.165) is 16.7 Å². The Bertz CT molecular complexity index is 2140. The first-order valence-electron chi connectivity index (χ1n) is 18.1. The van der Waals surface area contributed by atoms with Crippen LogP contribution in [0.4, 0.5) is 5.82 Å². The number of ether oxygens (including phenoxy) is 5. The van der Waals surface area contributed by atoms with E-state index in [2.05, 4.69) is 20.3 Å². The van der Waals surface area contributed by atoms with Crippen LogP contribution in [-0.4, -0.2) is 102 Å². The quantitative estimate of drug-likeness (QED) is 0.0754. The van der Waals surface area contributed by atoms with Crippen LogP contribution >= 0.6 is 0 Å². The van der Waals surface area contributed by atoms with Crippen LogP contribution in [0.25, 0.3) is 11.2 Å². The van der Waals surface area contributed by atoms with E-state index in [4.69, 9.17) is 28.5 Å². The third-order valence-electron chi connectivity index (χ3n) is 9.59. The molecule has 4 aromatic carbocycles. The Morgan fingerprint density at radius 2 is 1.43 bits per heavy atom. The average Bonchev–Trinajstić information content (AvgIpc) is 3.81. The summed E-state index contributed by atoms with van der Waals surface area (Å²) in [5.74, 6) is 1.27. The van der Waals surface area contributed by atoms with Gasteiger partial charge < -0.3 is 34.1 Å². The average molecular weight is 761 g/mol. The standard InChI is InChI=1S/C42H44N6O8/c1-47(2)55-24-23-53-37-36(49)34(56-41(37)48-27-45-35-38(43-26-44-39(35)48)46-40(50)28-11-7-5-8-12-28)25-54-42(29-13-9-6-10-14-29,30-15-19-32(51-3)20-16-30)31-17-21-33(52-4)22-18-31/h5-22,26-27,34,36-37,41,49H,23-25H2,1-4H3,(H,43,44,46,50)/t34-,36?,37?,41-/m1/s1. The molecule has 3 heterocycles. The number of imidazole rings is 1. The molecule has 4 atom stereocenters. The van der Waals surface area contributed by atoms with E-state index in [1.807, 2.05) is 84.9 Å². The largest absolute Gasteiger partial charge is 0.497 e. The van der Waals surface area contributed by atoms with Crippen LogP contribution in [0.15, 0.2) is 122 Å². The van der Waals surface area contributed by atoms with Gasteiger partial charge in [0.1, 0.15) is 41.7 Å². The number of carbonyl (C=O) groups is 1. The number of aliphatic hydroxyl groups is 1. The molecule has 14 heteroatoms. The molecule has 0 saturated carbocycles. The van der Waals surface area contributed by atoms with Crippen LogP contribution in [0.2, 0.25) is 0 Å². The number of anilines is 1. The molecule has 1 aliphatic rings. The zero-order chi connectivity index (χ0) is 39.1. The molecule has 290 valence electrons. The summed E-state index contributed by atoms with van der Waals surface area (Å²) in [6, 6.07) is 34.1. The number of hydrogen-bond acceptors (Lipinski definition) is 12. The Morgan fingerprint density at radius 1 is 0.821 bits per heavy atom. The van der Waals surface area contributed by atoms with Crippen molar-refractivity contribution in [3.63, 3.8) is 0 Å². The Hall–Kier alpha value is -5.74. The van der Waals surface area contributed by atoms with Crippen molar-refractivity contribution in [2.45, 2.75) is 30.1 Å². The summed E-state index contributed by atoms with van der Waals surface area (Å²) in [6.07, 6.45) is -0.951. The molecule has 1 saturated heterocycles. The van der Waals surface area contributed by atoms with Gasteiger partial charge in [0.05, 0.1) is 40.4 Å². The van der Waals surface area contributed by atoms with Gasteiger partial charge in [0.25, 0.3) is 5.91 Å². The Labute approximate surface area is 324 Å². The summed E-state index contributed by atoms with van der Waals surface area (Å²) in [7, 11) is 6.80. The number of aliphatic hydroxyl groups excluding tert-OH is 1. The maximum atomic E-state index is 13.1. The van der Waals surface area contributed by atoms with E-state index in [0.29, 0.717) is 28.2 Å². The third kappa shape index (κ3) is 7.97. The second kappa shape index (κ2) is 17.4. The lowest BCUT2D eigenvalue weighted by Gasteiger charge is -2.37. The fourth-order valence-corrected chi connectivity index (χ4v) is 6.84. The molecule has 1 fully saturated rings. The van der Waals surface area contributed by atoms with Crippen LogP contribution in [0.3, 0.4) is 0 Å². The maximum absolute atomic E-state index is 13.1. The van der Waals surface area contributed by atoms with E-state index in [9.17, 15) is 9.90 Å². The zero-order valence-corrected chi connectivity index (χ0v) is 31.5. The predicted molar refractivity (Wildman–Crippen MR) is 207 cm³/mol. The molecule has 2 unspecified atom stereocenters. The predicted octanol–water partition coefficient (Wildman–Crippen LogP) is 5.24. The lowest BCUT2D eigenvalue weighted by Crippen LogP contribution is -2.40. The highest BCUT2D eigenvalue weighted by Crippen LogP contribution is 2.43. The molecule has 6 aromatic rings. The van der Waals surface area contributed by atoms with Gasteiger partial charge in [0, 0.05) is 19.7 Å². The van der Waals surface area contributed by atoms with Crippen LogP contribution in [0.1, 0.15) is 33.3 Å². The SMILES string of the molecule is COc1ccc(C(OC[C@H]2O[C@@H](n3cnc4c(NC(=O)c5ccccc5)ncnc43)C(OCCON(C)C)C2O)(c2ccccc2)c2ccc(OC)cc2)cc1. The monoisotopic (exact) mass is 760 g/mol. The van der Waals surface area contributed by atoms with Gasteiger partial charge in [-0.25, -0.2) is 15.0 Å². The third-order valence-corrected chi connectivity index (χ3v) is 9.59. The summed E-state index contributed by atoms with van der Waals surface area (Å²) in [5.41, 5.74) is 2.53. The first-order valence-corrected chi connectivity index (χ1v) is 18.1.